The van der Waals surface area contributed by atoms with Gasteiger partial charge in [0, 0.05) is 18.5 Å². The number of nitrogen functional groups attached to an aromatic ring is 1. The van der Waals surface area contributed by atoms with E-state index >= 15 is 0 Å². The number of hydrogen-bond acceptors (Lipinski definition) is 5. The lowest BCUT2D eigenvalue weighted by Gasteiger charge is -2.08. The topological polar surface area (TPSA) is 74.7 Å². The van der Waals surface area contributed by atoms with Gasteiger partial charge in [0.2, 0.25) is 5.65 Å². The lowest BCUT2D eigenvalue weighted by Crippen LogP contribution is -1.99. The summed E-state index contributed by atoms with van der Waals surface area (Å²) in [6, 6.07) is 7.26. The predicted octanol–water partition coefficient (Wildman–Crippen LogP) is 2.11. The minimum absolute atomic E-state index is 0.359. The number of ether oxygens (including phenoxy) is 2. The molecule has 1 aromatic carbocycles. The van der Waals surface area contributed by atoms with Crippen molar-refractivity contribution in [2.45, 2.75) is 0 Å². The third-order valence-corrected chi connectivity index (χ3v) is 2.62. The van der Waals surface area contributed by atoms with Crippen LogP contribution in [0.5, 0.6) is 17.4 Å². The van der Waals surface area contributed by atoms with Gasteiger partial charge in [0.15, 0.2) is 0 Å². The van der Waals surface area contributed by atoms with E-state index in [0.717, 1.165) is 0 Å². The maximum absolute atomic E-state index is 5.73. The summed E-state index contributed by atoms with van der Waals surface area (Å²) in [5, 5.41) is 0. The van der Waals surface area contributed by atoms with Gasteiger partial charge in [-0.15, -0.1) is 0 Å². The molecule has 6 heteroatoms. The first-order chi connectivity index (χ1) is 9.26. The van der Waals surface area contributed by atoms with Crippen molar-refractivity contribution in [2.24, 2.45) is 0 Å². The van der Waals surface area contributed by atoms with Crippen molar-refractivity contribution in [1.82, 2.24) is 14.4 Å². The van der Waals surface area contributed by atoms with Crippen molar-refractivity contribution in [1.29, 1.82) is 0 Å². The molecule has 3 aromatic rings. The van der Waals surface area contributed by atoms with Crippen molar-refractivity contribution in [3.63, 3.8) is 0 Å². The van der Waals surface area contributed by atoms with Gasteiger partial charge in [-0.05, 0) is 12.1 Å². The zero-order valence-corrected chi connectivity index (χ0v) is 10.3. The van der Waals surface area contributed by atoms with Crippen LogP contribution in [0.15, 0.2) is 42.9 Å². The fourth-order valence-corrected chi connectivity index (χ4v) is 1.77. The van der Waals surface area contributed by atoms with E-state index in [1.807, 2.05) is 18.2 Å². The first-order valence-corrected chi connectivity index (χ1v) is 5.67. The maximum atomic E-state index is 5.73. The number of methoxy groups -OCH3 is 1. The van der Waals surface area contributed by atoms with E-state index in [0.29, 0.717) is 28.8 Å². The number of nitrogens with zero attached hydrogens (tertiary/aromatic N) is 3. The molecule has 0 radical (unpaired) electrons. The molecule has 0 aliphatic heterocycles. The Morgan fingerprint density at radius 2 is 2.11 bits per heavy atom. The summed E-state index contributed by atoms with van der Waals surface area (Å²) in [5.74, 6) is 2.05. The standard InChI is InChI=1S/C13H12N4O2/c1-18-9-3-2-4-10(7-9)19-13-12-15-5-6-17(12)8-11(14)16-13/h2-8H,14H2,1H3. The highest BCUT2D eigenvalue weighted by atomic mass is 16.5. The Kier molecular flexibility index (Phi) is 2.68. The number of benzene rings is 1. The molecule has 0 saturated heterocycles. The summed E-state index contributed by atoms with van der Waals surface area (Å²) in [6.07, 6.45) is 5.13. The van der Waals surface area contributed by atoms with Crippen LogP contribution in [0.3, 0.4) is 0 Å². The molecule has 0 fully saturated rings. The average Bonchev–Trinajstić information content (AvgIpc) is 2.87. The molecular weight excluding hydrogens is 244 g/mol. The van der Waals surface area contributed by atoms with Crippen molar-refractivity contribution in [2.75, 3.05) is 12.8 Å². The number of aromatic nitrogens is 3. The second kappa shape index (κ2) is 4.49. The van der Waals surface area contributed by atoms with Crippen LogP contribution in [0.1, 0.15) is 0 Å². The van der Waals surface area contributed by atoms with Gasteiger partial charge in [-0.1, -0.05) is 6.07 Å². The Hall–Kier alpha value is -2.76. The van der Waals surface area contributed by atoms with Crippen LogP contribution in [-0.4, -0.2) is 21.5 Å². The number of anilines is 1. The Labute approximate surface area is 109 Å². The minimum Gasteiger partial charge on any atom is -0.497 e. The van der Waals surface area contributed by atoms with Crippen LogP contribution in [0, 0.1) is 0 Å². The Balaban J connectivity index is 2.02. The van der Waals surface area contributed by atoms with Crippen molar-refractivity contribution in [3.05, 3.63) is 42.9 Å². The van der Waals surface area contributed by atoms with E-state index in [2.05, 4.69) is 9.97 Å². The molecule has 0 amide bonds. The fraction of sp³-hybridized carbons (Fsp3) is 0.0769. The largest absolute Gasteiger partial charge is 0.497 e. The van der Waals surface area contributed by atoms with E-state index in [4.69, 9.17) is 15.2 Å². The SMILES string of the molecule is COc1cccc(Oc2nc(N)cn3ccnc23)c1. The van der Waals surface area contributed by atoms with Crippen LogP contribution in [0.25, 0.3) is 5.65 Å². The highest BCUT2D eigenvalue weighted by molar-refractivity contribution is 5.54. The minimum atomic E-state index is 0.359. The molecule has 0 saturated carbocycles. The first kappa shape index (κ1) is 11.3. The molecule has 0 bridgehead atoms. The van der Waals surface area contributed by atoms with Crippen LogP contribution < -0.4 is 15.2 Å². The van der Waals surface area contributed by atoms with Crippen LogP contribution >= 0.6 is 0 Å². The van der Waals surface area contributed by atoms with E-state index in [-0.39, 0.29) is 0 Å². The van der Waals surface area contributed by atoms with E-state index in [1.54, 1.807) is 36.2 Å². The van der Waals surface area contributed by atoms with Crippen molar-refractivity contribution < 1.29 is 9.47 Å². The number of fused-ring (bicyclic) bond motifs is 1. The highest BCUT2D eigenvalue weighted by Crippen LogP contribution is 2.26. The van der Waals surface area contributed by atoms with Crippen LogP contribution in [0.4, 0.5) is 5.82 Å². The molecule has 96 valence electrons. The quantitative estimate of drug-likeness (QED) is 0.776. The summed E-state index contributed by atoms with van der Waals surface area (Å²) < 4.78 is 12.6. The van der Waals surface area contributed by atoms with Gasteiger partial charge in [0.05, 0.1) is 13.3 Å². The smallest absolute Gasteiger partial charge is 0.265 e. The average molecular weight is 256 g/mol. The molecule has 2 N–H and O–H groups in total. The number of nitrogens with two attached hydrogens (primary N) is 1. The molecule has 3 rings (SSSR count). The van der Waals surface area contributed by atoms with E-state index in [9.17, 15) is 0 Å². The monoisotopic (exact) mass is 256 g/mol. The number of hydrogen-bond donors (Lipinski definition) is 1. The van der Waals surface area contributed by atoms with Crippen LogP contribution in [-0.2, 0) is 0 Å². The van der Waals surface area contributed by atoms with Crippen molar-refractivity contribution in [3.8, 4) is 17.4 Å². The van der Waals surface area contributed by atoms with Gasteiger partial charge in [-0.3, -0.25) is 4.40 Å². The highest BCUT2D eigenvalue weighted by Gasteiger charge is 2.09. The maximum Gasteiger partial charge on any atom is 0.265 e. The predicted molar refractivity (Wildman–Crippen MR) is 70.5 cm³/mol. The molecule has 0 aliphatic rings. The summed E-state index contributed by atoms with van der Waals surface area (Å²) in [4.78, 5) is 8.34. The van der Waals surface area contributed by atoms with Crippen molar-refractivity contribution >= 4 is 11.5 Å². The van der Waals surface area contributed by atoms with Gasteiger partial charge in [0.1, 0.15) is 17.3 Å². The van der Waals surface area contributed by atoms with E-state index in [1.165, 1.54) is 0 Å². The van der Waals surface area contributed by atoms with Crippen LogP contribution in [0.2, 0.25) is 0 Å². The Morgan fingerprint density at radius 1 is 1.26 bits per heavy atom. The fourth-order valence-electron chi connectivity index (χ4n) is 1.77. The summed E-state index contributed by atoms with van der Waals surface area (Å²) >= 11 is 0. The lowest BCUT2D eigenvalue weighted by molar-refractivity contribution is 0.407. The summed E-state index contributed by atoms with van der Waals surface area (Å²) in [5.41, 5.74) is 6.34. The second-order valence-corrected chi connectivity index (χ2v) is 3.91. The van der Waals surface area contributed by atoms with Gasteiger partial charge < -0.3 is 15.2 Å². The molecule has 0 aliphatic carbocycles. The van der Waals surface area contributed by atoms with Gasteiger partial charge >= 0.3 is 0 Å². The molecule has 0 spiro atoms. The van der Waals surface area contributed by atoms with Gasteiger partial charge in [-0.25, -0.2) is 4.98 Å². The third-order valence-electron chi connectivity index (χ3n) is 2.62. The molecule has 2 aromatic heterocycles. The first-order valence-electron chi connectivity index (χ1n) is 5.67. The lowest BCUT2D eigenvalue weighted by atomic mass is 10.3. The van der Waals surface area contributed by atoms with Gasteiger partial charge in [0.25, 0.3) is 5.88 Å². The Morgan fingerprint density at radius 3 is 2.95 bits per heavy atom. The molecule has 0 atom stereocenters. The zero-order chi connectivity index (χ0) is 13.2. The number of imidazole rings is 1. The molecule has 6 nitrogen and oxygen atoms in total. The zero-order valence-electron chi connectivity index (χ0n) is 10.3. The Bertz CT molecular complexity index is 723. The summed E-state index contributed by atoms with van der Waals surface area (Å²) in [7, 11) is 1.60. The molecule has 19 heavy (non-hydrogen) atoms. The number of rotatable bonds is 3. The summed E-state index contributed by atoms with van der Waals surface area (Å²) in [6.45, 7) is 0. The van der Waals surface area contributed by atoms with E-state index < -0.39 is 0 Å². The third kappa shape index (κ3) is 2.15. The molecule has 2 heterocycles. The second-order valence-electron chi connectivity index (χ2n) is 3.91. The van der Waals surface area contributed by atoms with Gasteiger partial charge in [-0.2, -0.15) is 4.98 Å². The molecular formula is C13H12N4O2. The molecule has 0 unspecified atom stereocenters. The normalized spacial score (nSPS) is 10.6.